The van der Waals surface area contributed by atoms with Crippen molar-refractivity contribution >= 4 is 0 Å². The molecule has 0 amide bonds. The maximum atomic E-state index is 12.0. The highest BCUT2D eigenvalue weighted by Gasteiger charge is 2.28. The van der Waals surface area contributed by atoms with Gasteiger partial charge in [0, 0.05) is 18.3 Å². The zero-order chi connectivity index (χ0) is 13.6. The van der Waals surface area contributed by atoms with Crippen LogP contribution in [0.1, 0.15) is 25.5 Å². The number of nitrogens with zero attached hydrogens (tertiary/aromatic N) is 2. The molecule has 0 aliphatic heterocycles. The molecule has 1 heterocycles. The summed E-state index contributed by atoms with van der Waals surface area (Å²) >= 11 is 0. The predicted molar refractivity (Wildman–Crippen MR) is 61.2 cm³/mol. The number of likely N-dealkylation sites (N-methyl/N-ethyl adjacent to an activating group) is 1. The molecular formula is C11H18F3N3O. The Morgan fingerprint density at radius 3 is 2.67 bits per heavy atom. The fourth-order valence-corrected chi connectivity index (χ4v) is 1.54. The summed E-state index contributed by atoms with van der Waals surface area (Å²) in [5, 5.41) is 7.17. The number of halogens is 3. The van der Waals surface area contributed by atoms with Gasteiger partial charge in [0.05, 0.1) is 18.8 Å². The highest BCUT2D eigenvalue weighted by Crippen LogP contribution is 2.17. The van der Waals surface area contributed by atoms with Gasteiger partial charge < -0.3 is 10.1 Å². The molecule has 1 aromatic rings. The van der Waals surface area contributed by atoms with Crippen LogP contribution >= 0.6 is 0 Å². The highest BCUT2D eigenvalue weighted by molar-refractivity contribution is 5.10. The van der Waals surface area contributed by atoms with E-state index in [1.807, 2.05) is 20.0 Å². The molecule has 0 spiro atoms. The summed E-state index contributed by atoms with van der Waals surface area (Å²) in [6.45, 7) is 3.96. The SMILES string of the molecule is CCNC(COCC(F)(F)F)c1cnn(CC)c1. The van der Waals surface area contributed by atoms with Crippen LogP contribution in [0.2, 0.25) is 0 Å². The standard InChI is InChI=1S/C11H18F3N3O/c1-3-15-10(7-18-8-11(12,13)14)9-5-16-17(4-2)6-9/h5-6,10,15H,3-4,7-8H2,1-2H3. The van der Waals surface area contributed by atoms with Crippen molar-refractivity contribution < 1.29 is 17.9 Å². The number of hydrogen-bond donors (Lipinski definition) is 1. The minimum atomic E-state index is -4.29. The second-order valence-corrected chi connectivity index (χ2v) is 3.87. The van der Waals surface area contributed by atoms with E-state index in [-0.39, 0.29) is 12.6 Å². The average molecular weight is 265 g/mol. The van der Waals surface area contributed by atoms with Crippen LogP contribution in [0.5, 0.6) is 0 Å². The maximum Gasteiger partial charge on any atom is 0.411 e. The van der Waals surface area contributed by atoms with E-state index < -0.39 is 12.8 Å². The van der Waals surface area contributed by atoms with Crippen LogP contribution in [0.25, 0.3) is 0 Å². The van der Waals surface area contributed by atoms with Crippen molar-refractivity contribution in [3.8, 4) is 0 Å². The van der Waals surface area contributed by atoms with Crippen molar-refractivity contribution in [2.75, 3.05) is 19.8 Å². The van der Waals surface area contributed by atoms with E-state index in [0.29, 0.717) is 6.54 Å². The molecule has 0 saturated heterocycles. The summed E-state index contributed by atoms with van der Waals surface area (Å²) in [4.78, 5) is 0. The maximum absolute atomic E-state index is 12.0. The Hall–Kier alpha value is -1.08. The van der Waals surface area contributed by atoms with Crippen LogP contribution < -0.4 is 5.32 Å². The van der Waals surface area contributed by atoms with Gasteiger partial charge in [0.1, 0.15) is 6.61 Å². The number of rotatable bonds is 7. The molecule has 1 unspecified atom stereocenters. The monoisotopic (exact) mass is 265 g/mol. The Morgan fingerprint density at radius 2 is 2.17 bits per heavy atom. The quantitative estimate of drug-likeness (QED) is 0.821. The summed E-state index contributed by atoms with van der Waals surface area (Å²) in [5.74, 6) is 0. The molecule has 7 heteroatoms. The summed E-state index contributed by atoms with van der Waals surface area (Å²) in [6, 6.07) is -0.266. The van der Waals surface area contributed by atoms with Gasteiger partial charge in [-0.2, -0.15) is 18.3 Å². The Balaban J connectivity index is 2.54. The van der Waals surface area contributed by atoms with Gasteiger partial charge in [0.15, 0.2) is 0 Å². The van der Waals surface area contributed by atoms with Gasteiger partial charge in [0.2, 0.25) is 0 Å². The van der Waals surface area contributed by atoms with Crippen LogP contribution in [0.4, 0.5) is 13.2 Å². The lowest BCUT2D eigenvalue weighted by atomic mass is 10.2. The summed E-state index contributed by atoms with van der Waals surface area (Å²) in [5.41, 5.74) is 0.834. The first-order valence-electron chi connectivity index (χ1n) is 5.86. The number of aromatic nitrogens is 2. The lowest BCUT2D eigenvalue weighted by Gasteiger charge is -2.17. The third-order valence-corrected chi connectivity index (χ3v) is 2.38. The molecule has 0 radical (unpaired) electrons. The molecule has 1 N–H and O–H groups in total. The average Bonchev–Trinajstić information content (AvgIpc) is 2.74. The van der Waals surface area contributed by atoms with Crippen LogP contribution in [-0.4, -0.2) is 35.7 Å². The Bertz CT molecular complexity index is 352. The second kappa shape index (κ2) is 6.75. The van der Waals surface area contributed by atoms with Gasteiger partial charge in [-0.05, 0) is 13.5 Å². The normalized spacial score (nSPS) is 13.8. The topological polar surface area (TPSA) is 39.1 Å². The molecule has 104 valence electrons. The molecule has 1 rings (SSSR count). The fraction of sp³-hybridized carbons (Fsp3) is 0.727. The third kappa shape index (κ3) is 5.05. The highest BCUT2D eigenvalue weighted by atomic mass is 19.4. The number of alkyl halides is 3. The predicted octanol–water partition coefficient (Wildman–Crippen LogP) is 2.13. The van der Waals surface area contributed by atoms with Crippen LogP contribution in [-0.2, 0) is 11.3 Å². The molecule has 0 fully saturated rings. The molecular weight excluding hydrogens is 247 g/mol. The van der Waals surface area contributed by atoms with E-state index in [2.05, 4.69) is 15.2 Å². The molecule has 0 aliphatic carbocycles. The van der Waals surface area contributed by atoms with Crippen molar-refractivity contribution in [1.29, 1.82) is 0 Å². The van der Waals surface area contributed by atoms with Crippen molar-refractivity contribution in [2.24, 2.45) is 0 Å². The number of nitrogens with one attached hydrogen (secondary N) is 1. The van der Waals surface area contributed by atoms with E-state index in [1.165, 1.54) is 0 Å². The minimum Gasteiger partial charge on any atom is -0.370 e. The first-order chi connectivity index (χ1) is 8.46. The number of hydrogen-bond acceptors (Lipinski definition) is 3. The van der Waals surface area contributed by atoms with Crippen LogP contribution in [0.3, 0.4) is 0 Å². The molecule has 0 saturated carbocycles. The van der Waals surface area contributed by atoms with E-state index in [1.54, 1.807) is 10.9 Å². The number of ether oxygens (including phenoxy) is 1. The van der Waals surface area contributed by atoms with Crippen LogP contribution in [0.15, 0.2) is 12.4 Å². The minimum absolute atomic E-state index is 0.0250. The van der Waals surface area contributed by atoms with Gasteiger partial charge in [-0.1, -0.05) is 6.92 Å². The van der Waals surface area contributed by atoms with E-state index >= 15 is 0 Å². The van der Waals surface area contributed by atoms with Gasteiger partial charge in [-0.25, -0.2) is 0 Å². The van der Waals surface area contributed by atoms with E-state index in [4.69, 9.17) is 0 Å². The lowest BCUT2D eigenvalue weighted by Crippen LogP contribution is -2.27. The Kier molecular flexibility index (Phi) is 5.61. The van der Waals surface area contributed by atoms with Crippen molar-refractivity contribution in [3.63, 3.8) is 0 Å². The van der Waals surface area contributed by atoms with Crippen LogP contribution in [0, 0.1) is 0 Å². The third-order valence-electron chi connectivity index (χ3n) is 2.38. The van der Waals surface area contributed by atoms with Gasteiger partial charge in [-0.3, -0.25) is 4.68 Å². The molecule has 1 aromatic heterocycles. The molecule has 0 bridgehead atoms. The zero-order valence-corrected chi connectivity index (χ0v) is 10.5. The van der Waals surface area contributed by atoms with Crippen molar-refractivity contribution in [3.05, 3.63) is 18.0 Å². The van der Waals surface area contributed by atoms with E-state index in [9.17, 15) is 13.2 Å². The van der Waals surface area contributed by atoms with Crippen molar-refractivity contribution in [1.82, 2.24) is 15.1 Å². The molecule has 4 nitrogen and oxygen atoms in total. The summed E-state index contributed by atoms with van der Waals surface area (Å²) < 4.78 is 42.4. The molecule has 18 heavy (non-hydrogen) atoms. The van der Waals surface area contributed by atoms with E-state index in [0.717, 1.165) is 12.1 Å². The molecule has 0 aromatic carbocycles. The van der Waals surface area contributed by atoms with Crippen molar-refractivity contribution in [2.45, 2.75) is 32.6 Å². The first-order valence-corrected chi connectivity index (χ1v) is 5.86. The lowest BCUT2D eigenvalue weighted by molar-refractivity contribution is -0.175. The Labute approximate surface area is 104 Å². The van der Waals surface area contributed by atoms with Gasteiger partial charge in [-0.15, -0.1) is 0 Å². The first kappa shape index (κ1) is 15.0. The van der Waals surface area contributed by atoms with Gasteiger partial charge >= 0.3 is 6.18 Å². The largest absolute Gasteiger partial charge is 0.411 e. The molecule has 0 aliphatic rings. The molecule has 1 atom stereocenters. The summed E-state index contributed by atoms with van der Waals surface area (Å²) in [6.07, 6.45) is -0.831. The fourth-order valence-electron chi connectivity index (χ4n) is 1.54. The Morgan fingerprint density at radius 1 is 1.44 bits per heavy atom. The summed E-state index contributed by atoms with van der Waals surface area (Å²) in [7, 11) is 0. The van der Waals surface area contributed by atoms with Gasteiger partial charge in [0.25, 0.3) is 0 Å². The number of aryl methyl sites for hydroxylation is 1. The smallest absolute Gasteiger partial charge is 0.370 e. The second-order valence-electron chi connectivity index (χ2n) is 3.87. The zero-order valence-electron chi connectivity index (χ0n) is 10.5.